The van der Waals surface area contributed by atoms with E-state index in [-0.39, 0.29) is 0 Å². The predicted octanol–water partition coefficient (Wildman–Crippen LogP) is 2.38. The highest BCUT2D eigenvalue weighted by atomic mass is 15.7. The van der Waals surface area contributed by atoms with Crippen molar-refractivity contribution in [3.8, 4) is 0 Å². The third kappa shape index (κ3) is 3.29. The Labute approximate surface area is 164 Å². The highest BCUT2D eigenvalue weighted by molar-refractivity contribution is 5.87. The third-order valence-corrected chi connectivity index (χ3v) is 5.92. The zero-order valence-electron chi connectivity index (χ0n) is 16.1. The normalized spacial score (nSPS) is 23.5. The van der Waals surface area contributed by atoms with E-state index in [1.54, 1.807) is 0 Å². The maximum Gasteiger partial charge on any atom is 0.141 e. The molecule has 146 valence electrons. The summed E-state index contributed by atoms with van der Waals surface area (Å²) in [7, 11) is 0. The van der Waals surface area contributed by atoms with Crippen LogP contribution in [0, 0.1) is 18.8 Å². The molecule has 0 unspecified atom stereocenters. The van der Waals surface area contributed by atoms with Crippen molar-refractivity contribution >= 4 is 17.9 Å². The summed E-state index contributed by atoms with van der Waals surface area (Å²) in [6.45, 7) is 3.79. The largest absolute Gasteiger partial charge is 0.346 e. The fourth-order valence-corrected chi connectivity index (χ4v) is 4.37. The number of hydrazine groups is 2. The van der Waals surface area contributed by atoms with Gasteiger partial charge < -0.3 is 15.7 Å². The SMILES string of the molecule is Cc1cnc(CNCC2CCC(C3=C4c5cc[nH]c5N=CN4NN3)CC2)cn1. The summed E-state index contributed by atoms with van der Waals surface area (Å²) in [6, 6.07) is 2.10. The standard InChI is InChI=1S/C20H26N8/c1-13-8-24-16(11-23-13)10-21-9-14-2-4-15(5-3-14)18-19-17-6-7-22-20(17)25-12-28(19)27-26-18/h6-8,11-12,14-15,21-22,26-27H,2-5,9-10H2,1H3. The molecule has 0 bridgehead atoms. The van der Waals surface area contributed by atoms with Crippen molar-refractivity contribution in [2.45, 2.75) is 39.2 Å². The number of fused-ring (bicyclic) bond motifs is 3. The molecule has 4 N–H and O–H groups in total. The fraction of sp³-hybridized carbons (Fsp3) is 0.450. The van der Waals surface area contributed by atoms with E-state index in [9.17, 15) is 0 Å². The molecule has 1 saturated carbocycles. The molecule has 1 aliphatic carbocycles. The van der Waals surface area contributed by atoms with Gasteiger partial charge in [-0.25, -0.2) is 10.0 Å². The molecule has 0 radical (unpaired) electrons. The maximum absolute atomic E-state index is 4.44. The van der Waals surface area contributed by atoms with Crippen molar-refractivity contribution < 1.29 is 0 Å². The van der Waals surface area contributed by atoms with Crippen LogP contribution in [0.5, 0.6) is 0 Å². The van der Waals surface area contributed by atoms with Gasteiger partial charge >= 0.3 is 0 Å². The molecule has 0 atom stereocenters. The molecule has 3 aliphatic rings. The second-order valence-corrected chi connectivity index (χ2v) is 7.85. The Morgan fingerprint density at radius 1 is 1.18 bits per heavy atom. The molecule has 5 rings (SSSR count). The van der Waals surface area contributed by atoms with E-state index in [0.29, 0.717) is 5.92 Å². The Balaban J connectivity index is 1.17. The average Bonchev–Trinajstić information content (AvgIpc) is 3.36. The molecule has 2 aliphatic heterocycles. The zero-order chi connectivity index (χ0) is 18.9. The summed E-state index contributed by atoms with van der Waals surface area (Å²) in [6.07, 6.45) is 12.4. The fourth-order valence-electron chi connectivity index (χ4n) is 4.37. The Morgan fingerprint density at radius 3 is 2.89 bits per heavy atom. The highest BCUT2D eigenvalue weighted by Gasteiger charge is 2.33. The monoisotopic (exact) mass is 378 g/mol. The predicted molar refractivity (Wildman–Crippen MR) is 108 cm³/mol. The average molecular weight is 378 g/mol. The van der Waals surface area contributed by atoms with Gasteiger partial charge in [0.05, 0.1) is 22.8 Å². The summed E-state index contributed by atoms with van der Waals surface area (Å²) in [5.74, 6) is 2.22. The van der Waals surface area contributed by atoms with E-state index in [2.05, 4.69) is 42.3 Å². The smallest absolute Gasteiger partial charge is 0.141 e. The van der Waals surface area contributed by atoms with Crippen LogP contribution in [0.3, 0.4) is 0 Å². The molecule has 0 aromatic carbocycles. The first-order chi connectivity index (χ1) is 13.8. The van der Waals surface area contributed by atoms with Crippen LogP contribution in [-0.2, 0) is 6.54 Å². The first kappa shape index (κ1) is 17.4. The first-order valence-electron chi connectivity index (χ1n) is 10.0. The Bertz CT molecular complexity index is 889. The number of allylic oxidation sites excluding steroid dienone is 1. The van der Waals surface area contributed by atoms with Crippen molar-refractivity contribution in [3.05, 3.63) is 47.3 Å². The van der Waals surface area contributed by atoms with Crippen molar-refractivity contribution in [2.24, 2.45) is 16.8 Å². The Hall–Kier alpha value is -2.71. The molecule has 8 heteroatoms. The van der Waals surface area contributed by atoms with E-state index < -0.39 is 0 Å². The number of aromatic nitrogens is 3. The molecule has 0 spiro atoms. The maximum atomic E-state index is 4.44. The Kier molecular flexibility index (Phi) is 4.58. The minimum absolute atomic E-state index is 0.556. The summed E-state index contributed by atoms with van der Waals surface area (Å²) in [5, 5.41) is 5.55. The molecule has 2 aromatic rings. The molecule has 2 aromatic heterocycles. The topological polar surface area (TPSA) is 93.3 Å². The summed E-state index contributed by atoms with van der Waals surface area (Å²) < 4.78 is 0. The van der Waals surface area contributed by atoms with E-state index in [1.165, 1.54) is 37.1 Å². The summed E-state index contributed by atoms with van der Waals surface area (Å²) in [4.78, 5) is 16.4. The van der Waals surface area contributed by atoms with Crippen LogP contribution < -0.4 is 16.3 Å². The number of nitrogens with one attached hydrogen (secondary N) is 4. The lowest BCUT2D eigenvalue weighted by atomic mass is 9.79. The van der Waals surface area contributed by atoms with Crippen molar-refractivity contribution in [2.75, 3.05) is 6.54 Å². The lowest BCUT2D eigenvalue weighted by molar-refractivity contribution is 0.282. The first-order valence-corrected chi connectivity index (χ1v) is 10.0. The third-order valence-electron chi connectivity index (χ3n) is 5.92. The summed E-state index contributed by atoms with van der Waals surface area (Å²) in [5.41, 5.74) is 12.3. The number of aliphatic imine (C=N–C) groups is 1. The number of hydrogen-bond acceptors (Lipinski definition) is 7. The number of nitrogens with zero attached hydrogens (tertiary/aromatic N) is 4. The molecule has 8 nitrogen and oxygen atoms in total. The molecule has 0 saturated heterocycles. The second-order valence-electron chi connectivity index (χ2n) is 7.85. The van der Waals surface area contributed by atoms with Crippen LogP contribution in [0.25, 0.3) is 5.70 Å². The number of aromatic amines is 1. The molecule has 4 heterocycles. The van der Waals surface area contributed by atoms with Gasteiger partial charge in [-0.05, 0) is 51.1 Å². The van der Waals surface area contributed by atoms with Crippen molar-refractivity contribution in [1.82, 2.24) is 36.2 Å². The zero-order valence-corrected chi connectivity index (χ0v) is 16.1. The van der Waals surface area contributed by atoms with Crippen molar-refractivity contribution in [1.29, 1.82) is 0 Å². The van der Waals surface area contributed by atoms with Crippen LogP contribution in [0.2, 0.25) is 0 Å². The van der Waals surface area contributed by atoms with Crippen molar-refractivity contribution in [3.63, 3.8) is 0 Å². The van der Waals surface area contributed by atoms with Gasteiger partial charge in [0.2, 0.25) is 0 Å². The van der Waals surface area contributed by atoms with E-state index in [0.717, 1.165) is 41.8 Å². The molecular formula is C20H26N8. The lowest BCUT2D eigenvalue weighted by Crippen LogP contribution is -2.38. The van der Waals surface area contributed by atoms with Crippen LogP contribution in [-0.4, -0.2) is 32.8 Å². The van der Waals surface area contributed by atoms with Gasteiger partial charge in [-0.2, -0.15) is 0 Å². The highest BCUT2D eigenvalue weighted by Crippen LogP contribution is 2.40. The van der Waals surface area contributed by atoms with Crippen LogP contribution in [0.4, 0.5) is 5.82 Å². The van der Waals surface area contributed by atoms with E-state index in [4.69, 9.17) is 0 Å². The van der Waals surface area contributed by atoms with Gasteiger partial charge in [0.25, 0.3) is 0 Å². The van der Waals surface area contributed by atoms with Gasteiger partial charge in [-0.3, -0.25) is 9.97 Å². The number of hydrogen-bond donors (Lipinski definition) is 4. The number of rotatable bonds is 5. The van der Waals surface area contributed by atoms with E-state index >= 15 is 0 Å². The molecular weight excluding hydrogens is 352 g/mol. The van der Waals surface area contributed by atoms with Gasteiger partial charge in [0.15, 0.2) is 0 Å². The van der Waals surface area contributed by atoms with E-state index in [1.807, 2.05) is 36.9 Å². The van der Waals surface area contributed by atoms with Crippen LogP contribution in [0.1, 0.15) is 42.6 Å². The minimum Gasteiger partial charge on any atom is -0.346 e. The molecule has 1 fully saturated rings. The van der Waals surface area contributed by atoms with Crippen LogP contribution >= 0.6 is 0 Å². The number of aryl methyl sites for hydroxylation is 1. The second kappa shape index (κ2) is 7.37. The molecule has 0 amide bonds. The van der Waals surface area contributed by atoms with Gasteiger partial charge in [0, 0.05) is 36.6 Å². The summed E-state index contributed by atoms with van der Waals surface area (Å²) >= 11 is 0. The minimum atomic E-state index is 0.556. The number of H-pyrrole nitrogens is 1. The van der Waals surface area contributed by atoms with Gasteiger partial charge in [-0.15, -0.1) is 5.53 Å². The Morgan fingerprint density at radius 2 is 2.07 bits per heavy atom. The van der Waals surface area contributed by atoms with Crippen LogP contribution in [0.15, 0.2) is 35.3 Å². The quantitative estimate of drug-likeness (QED) is 0.638. The van der Waals surface area contributed by atoms with Gasteiger partial charge in [-0.1, -0.05) is 0 Å². The van der Waals surface area contributed by atoms with Gasteiger partial charge in [0.1, 0.15) is 12.2 Å². The molecule has 28 heavy (non-hydrogen) atoms. The lowest BCUT2D eigenvalue weighted by Gasteiger charge is -2.29.